The number of para-hydroxylation sites is 1. The molecular formula is C21H21N3O3. The number of anilines is 1. The Bertz CT molecular complexity index is 904. The molecule has 0 saturated heterocycles. The number of rotatable bonds is 8. The molecule has 6 heteroatoms. The van der Waals surface area contributed by atoms with Gasteiger partial charge in [0.05, 0.1) is 18.5 Å². The molecule has 6 nitrogen and oxygen atoms in total. The van der Waals surface area contributed by atoms with Crippen LogP contribution in [0.25, 0.3) is 11.8 Å². The first-order valence-electron chi connectivity index (χ1n) is 8.55. The minimum absolute atomic E-state index is 0.225. The lowest BCUT2D eigenvalue weighted by atomic mass is 10.3. The van der Waals surface area contributed by atoms with Crippen LogP contribution < -0.4 is 10.1 Å². The third-order valence-electron chi connectivity index (χ3n) is 3.71. The lowest BCUT2D eigenvalue weighted by Gasteiger charge is -2.07. The summed E-state index contributed by atoms with van der Waals surface area (Å²) < 4.78 is 12.3. The fourth-order valence-electron chi connectivity index (χ4n) is 2.41. The number of methoxy groups -OCH3 is 1. The molecule has 0 saturated carbocycles. The van der Waals surface area contributed by atoms with Gasteiger partial charge in [0.15, 0.2) is 0 Å². The number of carbonyl (C=O) groups excluding carboxylic acids is 1. The second kappa shape index (κ2) is 9.35. The van der Waals surface area contributed by atoms with E-state index in [9.17, 15) is 4.79 Å². The second-order valence-electron chi connectivity index (χ2n) is 5.75. The maximum Gasteiger partial charge on any atom is 0.248 e. The molecule has 138 valence electrons. The molecule has 0 aliphatic carbocycles. The zero-order valence-electron chi connectivity index (χ0n) is 15.0. The number of hydrogen-bond donors (Lipinski definition) is 1. The van der Waals surface area contributed by atoms with Crippen molar-refractivity contribution in [3.8, 4) is 11.4 Å². The van der Waals surface area contributed by atoms with E-state index in [1.807, 2.05) is 54.7 Å². The average Bonchev–Trinajstić information content (AvgIpc) is 3.17. The van der Waals surface area contributed by atoms with Gasteiger partial charge >= 0.3 is 0 Å². The van der Waals surface area contributed by atoms with Crippen LogP contribution in [-0.2, 0) is 9.53 Å². The van der Waals surface area contributed by atoms with E-state index >= 15 is 0 Å². The van der Waals surface area contributed by atoms with E-state index < -0.39 is 0 Å². The average molecular weight is 363 g/mol. The highest BCUT2D eigenvalue weighted by Gasteiger charge is 2.02. The van der Waals surface area contributed by atoms with Crippen LogP contribution in [0.2, 0.25) is 0 Å². The monoisotopic (exact) mass is 363 g/mol. The van der Waals surface area contributed by atoms with Crippen molar-refractivity contribution in [3.05, 3.63) is 78.6 Å². The van der Waals surface area contributed by atoms with E-state index in [0.29, 0.717) is 24.7 Å². The highest BCUT2D eigenvalue weighted by Crippen LogP contribution is 2.17. The molecule has 27 heavy (non-hydrogen) atoms. The fraction of sp³-hybridized carbons (Fsp3) is 0.143. The third kappa shape index (κ3) is 5.55. The molecule has 1 aromatic heterocycles. The van der Waals surface area contributed by atoms with Crippen LogP contribution in [0.3, 0.4) is 0 Å². The predicted octanol–water partition coefficient (Wildman–Crippen LogP) is 3.55. The molecule has 3 aromatic rings. The smallest absolute Gasteiger partial charge is 0.248 e. The summed E-state index contributed by atoms with van der Waals surface area (Å²) in [6.07, 6.45) is 6.77. The number of benzene rings is 2. The lowest BCUT2D eigenvalue weighted by molar-refractivity contribution is -0.111. The van der Waals surface area contributed by atoms with Crippen LogP contribution >= 0.6 is 0 Å². The Hall–Kier alpha value is -3.38. The zero-order chi connectivity index (χ0) is 18.9. The molecule has 0 aliphatic rings. The number of nitrogens with one attached hydrogen (secondary N) is 1. The van der Waals surface area contributed by atoms with Crippen molar-refractivity contribution in [2.24, 2.45) is 0 Å². The van der Waals surface area contributed by atoms with Gasteiger partial charge in [0.1, 0.15) is 12.4 Å². The van der Waals surface area contributed by atoms with Gasteiger partial charge in [0.2, 0.25) is 5.91 Å². The van der Waals surface area contributed by atoms with E-state index in [0.717, 1.165) is 11.3 Å². The van der Waals surface area contributed by atoms with Crippen LogP contribution in [-0.4, -0.2) is 36.0 Å². The molecule has 0 aliphatic heterocycles. The van der Waals surface area contributed by atoms with Crippen LogP contribution in [0, 0.1) is 0 Å². The van der Waals surface area contributed by atoms with E-state index in [1.165, 1.54) is 6.08 Å². The minimum Gasteiger partial charge on any atom is -0.491 e. The molecule has 0 unspecified atom stereocenters. The van der Waals surface area contributed by atoms with Crippen LogP contribution in [0.5, 0.6) is 5.75 Å². The van der Waals surface area contributed by atoms with Gasteiger partial charge in [0.25, 0.3) is 0 Å². The highest BCUT2D eigenvalue weighted by molar-refractivity contribution is 6.01. The summed E-state index contributed by atoms with van der Waals surface area (Å²) >= 11 is 0. The van der Waals surface area contributed by atoms with Crippen molar-refractivity contribution in [1.82, 2.24) is 9.78 Å². The first-order valence-corrected chi connectivity index (χ1v) is 8.55. The molecule has 0 atom stereocenters. The molecule has 1 N–H and O–H groups in total. The summed E-state index contributed by atoms with van der Waals surface area (Å²) in [6, 6.07) is 17.0. The molecule has 3 rings (SSSR count). The number of aromatic nitrogens is 2. The topological polar surface area (TPSA) is 65.4 Å². The Balaban J connectivity index is 1.58. The molecule has 2 aromatic carbocycles. The van der Waals surface area contributed by atoms with Gasteiger partial charge in [-0.15, -0.1) is 0 Å². The summed E-state index contributed by atoms with van der Waals surface area (Å²) in [5, 5.41) is 7.12. The summed E-state index contributed by atoms with van der Waals surface area (Å²) in [6.45, 7) is 0.967. The Kier molecular flexibility index (Phi) is 6.38. The van der Waals surface area contributed by atoms with Gasteiger partial charge in [-0.25, -0.2) is 4.68 Å². The van der Waals surface area contributed by atoms with Gasteiger partial charge in [-0.05, 0) is 30.3 Å². The Labute approximate surface area is 158 Å². The number of amides is 1. The Morgan fingerprint density at radius 2 is 2.00 bits per heavy atom. The van der Waals surface area contributed by atoms with Gasteiger partial charge in [-0.3, -0.25) is 4.79 Å². The van der Waals surface area contributed by atoms with E-state index in [2.05, 4.69) is 10.4 Å². The molecule has 0 radical (unpaired) electrons. The highest BCUT2D eigenvalue weighted by atomic mass is 16.5. The van der Waals surface area contributed by atoms with Gasteiger partial charge in [-0.1, -0.05) is 24.3 Å². The summed E-state index contributed by atoms with van der Waals surface area (Å²) in [4.78, 5) is 12.1. The third-order valence-corrected chi connectivity index (χ3v) is 3.71. The minimum atomic E-state index is -0.225. The largest absolute Gasteiger partial charge is 0.491 e. The van der Waals surface area contributed by atoms with Crippen molar-refractivity contribution in [2.45, 2.75) is 0 Å². The molecule has 0 spiro atoms. The lowest BCUT2D eigenvalue weighted by Crippen LogP contribution is -2.08. The summed E-state index contributed by atoms with van der Waals surface area (Å²) in [5.74, 6) is 0.453. The molecular weight excluding hydrogens is 342 g/mol. The number of nitrogens with zero attached hydrogens (tertiary/aromatic N) is 2. The quantitative estimate of drug-likeness (QED) is 0.491. The SMILES string of the molecule is COCCOc1cccc(NC(=O)/C=C/c2cnn(-c3ccccc3)c2)c1. The maximum absolute atomic E-state index is 12.1. The van der Waals surface area contributed by atoms with E-state index in [4.69, 9.17) is 9.47 Å². The van der Waals surface area contributed by atoms with Crippen LogP contribution in [0.15, 0.2) is 73.1 Å². The van der Waals surface area contributed by atoms with Crippen LogP contribution in [0.1, 0.15) is 5.56 Å². The molecule has 1 heterocycles. The van der Waals surface area contributed by atoms with Crippen molar-refractivity contribution in [1.29, 1.82) is 0 Å². The second-order valence-corrected chi connectivity index (χ2v) is 5.75. The molecule has 0 fully saturated rings. The van der Waals surface area contributed by atoms with Gasteiger partial charge < -0.3 is 14.8 Å². The van der Waals surface area contributed by atoms with Crippen molar-refractivity contribution >= 4 is 17.7 Å². The number of hydrogen-bond acceptors (Lipinski definition) is 4. The standard InChI is InChI=1S/C21H21N3O3/c1-26-12-13-27-20-9-5-6-18(14-20)23-21(25)11-10-17-15-22-24(16-17)19-7-3-2-4-8-19/h2-11,14-16H,12-13H2,1H3,(H,23,25)/b11-10+. The first-order chi connectivity index (χ1) is 13.2. The van der Waals surface area contributed by atoms with Crippen molar-refractivity contribution < 1.29 is 14.3 Å². The summed E-state index contributed by atoms with van der Waals surface area (Å²) in [7, 11) is 1.62. The zero-order valence-corrected chi connectivity index (χ0v) is 15.0. The Morgan fingerprint density at radius 1 is 1.15 bits per heavy atom. The normalized spacial score (nSPS) is 10.9. The molecule has 0 bridgehead atoms. The number of carbonyl (C=O) groups is 1. The maximum atomic E-state index is 12.1. The van der Waals surface area contributed by atoms with Crippen molar-refractivity contribution in [2.75, 3.05) is 25.6 Å². The first kappa shape index (κ1) is 18.4. The van der Waals surface area contributed by atoms with Crippen molar-refractivity contribution in [3.63, 3.8) is 0 Å². The van der Waals surface area contributed by atoms with Gasteiger partial charge in [-0.2, -0.15) is 5.10 Å². The van der Waals surface area contributed by atoms with Crippen LogP contribution in [0.4, 0.5) is 5.69 Å². The van der Waals surface area contributed by atoms with E-state index in [-0.39, 0.29) is 5.91 Å². The fourth-order valence-corrected chi connectivity index (χ4v) is 2.41. The summed E-state index contributed by atoms with van der Waals surface area (Å²) in [5.41, 5.74) is 2.47. The number of ether oxygens (including phenoxy) is 2. The molecule has 1 amide bonds. The van der Waals surface area contributed by atoms with Gasteiger partial charge in [0, 0.05) is 36.7 Å². The Morgan fingerprint density at radius 3 is 2.81 bits per heavy atom. The predicted molar refractivity (Wildman–Crippen MR) is 105 cm³/mol. The van der Waals surface area contributed by atoms with E-state index in [1.54, 1.807) is 30.1 Å².